The Bertz CT molecular complexity index is 875. The third-order valence-corrected chi connectivity index (χ3v) is 4.80. The molecule has 3 aromatic rings. The largest absolute Gasteiger partial charge is 0.358 e. The Morgan fingerprint density at radius 3 is 2.88 bits per heavy atom. The lowest BCUT2D eigenvalue weighted by atomic mass is 10.1. The van der Waals surface area contributed by atoms with Crippen molar-refractivity contribution in [3.8, 4) is 0 Å². The molecule has 5 heteroatoms. The van der Waals surface area contributed by atoms with Gasteiger partial charge in [0.25, 0.3) is 0 Å². The van der Waals surface area contributed by atoms with Crippen LogP contribution in [0.3, 0.4) is 0 Å². The smallest absolute Gasteiger partial charge is 0.220 e. The summed E-state index contributed by atoms with van der Waals surface area (Å²) in [7, 11) is 0. The monoisotopic (exact) mass is 338 g/mol. The van der Waals surface area contributed by atoms with E-state index in [0.717, 1.165) is 30.8 Å². The average Bonchev–Trinajstić information content (AvgIpc) is 3.16. The lowest BCUT2D eigenvalue weighted by molar-refractivity contribution is -0.121. The molecule has 1 aromatic carbocycles. The predicted octanol–water partition coefficient (Wildman–Crippen LogP) is 3.64. The summed E-state index contributed by atoms with van der Waals surface area (Å²) in [5, 5.41) is 4.27. The molecule has 0 fully saturated rings. The van der Waals surface area contributed by atoms with Crippen molar-refractivity contribution in [2.75, 3.05) is 0 Å². The molecule has 25 heavy (non-hydrogen) atoms. The number of fused-ring (bicyclic) bond motifs is 1. The maximum absolute atomic E-state index is 12.1. The van der Waals surface area contributed by atoms with E-state index >= 15 is 0 Å². The van der Waals surface area contributed by atoms with Gasteiger partial charge in [0, 0.05) is 48.5 Å². The number of hydrogen-bond donors (Lipinski definition) is 2. The van der Waals surface area contributed by atoms with Gasteiger partial charge in [-0.25, -0.2) is 4.98 Å². The van der Waals surface area contributed by atoms with Crippen LogP contribution in [0, 0.1) is 13.8 Å². The first-order valence-corrected chi connectivity index (χ1v) is 8.93. The second-order valence-electron chi connectivity index (χ2n) is 6.51. The van der Waals surface area contributed by atoms with E-state index in [4.69, 9.17) is 0 Å². The molecule has 1 amide bonds. The fraction of sp³-hybridized carbons (Fsp3) is 0.400. The van der Waals surface area contributed by atoms with Crippen molar-refractivity contribution in [1.29, 1.82) is 0 Å². The van der Waals surface area contributed by atoms with Crippen molar-refractivity contribution in [3.05, 3.63) is 53.2 Å². The van der Waals surface area contributed by atoms with E-state index in [2.05, 4.69) is 51.9 Å². The van der Waals surface area contributed by atoms with Gasteiger partial charge in [0.2, 0.25) is 5.91 Å². The van der Waals surface area contributed by atoms with Crippen LogP contribution in [0.2, 0.25) is 0 Å². The highest BCUT2D eigenvalue weighted by molar-refractivity contribution is 5.85. The highest BCUT2D eigenvalue weighted by Gasteiger charge is 2.08. The molecule has 0 aliphatic carbocycles. The summed E-state index contributed by atoms with van der Waals surface area (Å²) in [5.41, 5.74) is 4.89. The number of aryl methyl sites for hydroxylation is 4. The van der Waals surface area contributed by atoms with Crippen molar-refractivity contribution in [3.63, 3.8) is 0 Å². The topological polar surface area (TPSA) is 62.7 Å². The zero-order chi connectivity index (χ0) is 17.8. The minimum atomic E-state index is 0.0953. The normalized spacial score (nSPS) is 11.2. The Hall–Kier alpha value is -2.56. The van der Waals surface area contributed by atoms with Crippen molar-refractivity contribution >= 4 is 16.8 Å². The Morgan fingerprint density at radius 1 is 1.32 bits per heavy atom. The summed E-state index contributed by atoms with van der Waals surface area (Å²) in [6.45, 7) is 7.68. The molecule has 2 N–H and O–H groups in total. The second kappa shape index (κ2) is 7.55. The van der Waals surface area contributed by atoms with Crippen LogP contribution in [0.4, 0.5) is 0 Å². The Kier molecular flexibility index (Phi) is 5.22. The van der Waals surface area contributed by atoms with Gasteiger partial charge >= 0.3 is 0 Å². The minimum Gasteiger partial charge on any atom is -0.358 e. The third kappa shape index (κ3) is 3.92. The van der Waals surface area contributed by atoms with E-state index in [1.165, 1.54) is 22.2 Å². The van der Waals surface area contributed by atoms with Gasteiger partial charge in [-0.1, -0.05) is 13.0 Å². The van der Waals surface area contributed by atoms with Gasteiger partial charge in [-0.05, 0) is 49.9 Å². The maximum Gasteiger partial charge on any atom is 0.220 e. The van der Waals surface area contributed by atoms with Crippen LogP contribution >= 0.6 is 0 Å². The van der Waals surface area contributed by atoms with Crippen LogP contribution in [-0.2, 0) is 24.3 Å². The van der Waals surface area contributed by atoms with E-state index in [1.54, 1.807) is 6.20 Å². The van der Waals surface area contributed by atoms with E-state index < -0.39 is 0 Å². The number of amides is 1. The average molecular weight is 338 g/mol. The Labute approximate surface area is 148 Å². The lowest BCUT2D eigenvalue weighted by Gasteiger charge is -2.07. The molecule has 2 heterocycles. The molecule has 0 saturated carbocycles. The van der Waals surface area contributed by atoms with Crippen LogP contribution in [-0.4, -0.2) is 20.4 Å². The quantitative estimate of drug-likeness (QED) is 0.691. The van der Waals surface area contributed by atoms with Crippen LogP contribution in [0.25, 0.3) is 10.9 Å². The van der Waals surface area contributed by atoms with Crippen molar-refractivity contribution in [2.45, 2.75) is 53.1 Å². The highest BCUT2D eigenvalue weighted by Crippen LogP contribution is 2.23. The van der Waals surface area contributed by atoms with Crippen LogP contribution in [0.1, 0.15) is 42.4 Å². The number of hydrogen-bond acceptors (Lipinski definition) is 2. The van der Waals surface area contributed by atoms with Crippen LogP contribution < -0.4 is 5.32 Å². The summed E-state index contributed by atoms with van der Waals surface area (Å²) < 4.78 is 2.07. The van der Waals surface area contributed by atoms with Crippen molar-refractivity contribution < 1.29 is 4.79 Å². The molecule has 0 spiro atoms. The lowest BCUT2D eigenvalue weighted by Crippen LogP contribution is -2.22. The molecule has 5 nitrogen and oxygen atoms in total. The van der Waals surface area contributed by atoms with Crippen molar-refractivity contribution in [2.24, 2.45) is 0 Å². The molecule has 0 aliphatic rings. The molecular weight excluding hydrogens is 312 g/mol. The maximum atomic E-state index is 12.1. The SMILES string of the molecule is CCc1[nH]c2ccc(CNC(=O)CCCn3ccnc3C)cc2c1C. The van der Waals surface area contributed by atoms with Gasteiger partial charge in [0.15, 0.2) is 0 Å². The van der Waals surface area contributed by atoms with E-state index in [-0.39, 0.29) is 5.91 Å². The molecule has 0 aliphatic heterocycles. The molecule has 132 valence electrons. The number of nitrogens with one attached hydrogen (secondary N) is 2. The number of aromatic amines is 1. The summed E-state index contributed by atoms with van der Waals surface area (Å²) in [4.78, 5) is 19.7. The van der Waals surface area contributed by atoms with E-state index in [0.29, 0.717) is 13.0 Å². The number of carbonyl (C=O) groups is 1. The second-order valence-corrected chi connectivity index (χ2v) is 6.51. The van der Waals surface area contributed by atoms with Crippen LogP contribution in [0.15, 0.2) is 30.6 Å². The summed E-state index contributed by atoms with van der Waals surface area (Å²) in [6, 6.07) is 6.35. The van der Waals surface area contributed by atoms with Gasteiger partial charge in [-0.3, -0.25) is 4.79 Å². The number of H-pyrrole nitrogens is 1. The number of rotatable bonds is 7. The first-order valence-electron chi connectivity index (χ1n) is 8.93. The standard InChI is InChI=1S/C20H26N4O/c1-4-18-14(2)17-12-16(7-8-19(17)23-18)13-22-20(25)6-5-10-24-11-9-21-15(24)3/h7-9,11-12,23H,4-6,10,13H2,1-3H3,(H,22,25). The molecule has 0 saturated heterocycles. The molecule has 0 unspecified atom stereocenters. The molecule has 3 rings (SSSR count). The summed E-state index contributed by atoms with van der Waals surface area (Å²) in [6.07, 6.45) is 6.09. The summed E-state index contributed by atoms with van der Waals surface area (Å²) in [5.74, 6) is 1.08. The number of imidazole rings is 1. The van der Waals surface area contributed by atoms with Gasteiger partial charge in [0.1, 0.15) is 5.82 Å². The van der Waals surface area contributed by atoms with Gasteiger partial charge in [-0.2, -0.15) is 0 Å². The zero-order valence-corrected chi connectivity index (χ0v) is 15.2. The predicted molar refractivity (Wildman–Crippen MR) is 100 cm³/mol. The zero-order valence-electron chi connectivity index (χ0n) is 15.2. The number of nitrogens with zero attached hydrogens (tertiary/aromatic N) is 2. The van der Waals surface area contributed by atoms with Gasteiger partial charge in [-0.15, -0.1) is 0 Å². The summed E-state index contributed by atoms with van der Waals surface area (Å²) >= 11 is 0. The van der Waals surface area contributed by atoms with Gasteiger partial charge < -0.3 is 14.9 Å². The molecular formula is C20H26N4O. The fourth-order valence-corrected chi connectivity index (χ4v) is 3.23. The van der Waals surface area contributed by atoms with E-state index in [9.17, 15) is 4.79 Å². The van der Waals surface area contributed by atoms with Crippen molar-refractivity contribution in [1.82, 2.24) is 19.9 Å². The highest BCUT2D eigenvalue weighted by atomic mass is 16.1. The van der Waals surface area contributed by atoms with E-state index in [1.807, 2.05) is 13.1 Å². The van der Waals surface area contributed by atoms with Gasteiger partial charge in [0.05, 0.1) is 0 Å². The first-order chi connectivity index (χ1) is 12.1. The minimum absolute atomic E-state index is 0.0953. The fourth-order valence-electron chi connectivity index (χ4n) is 3.23. The van der Waals surface area contributed by atoms with Crippen LogP contribution in [0.5, 0.6) is 0 Å². The first kappa shape index (κ1) is 17.3. The molecule has 2 aromatic heterocycles. The Morgan fingerprint density at radius 2 is 2.16 bits per heavy atom. The molecule has 0 atom stereocenters. The number of benzene rings is 1. The molecule has 0 bridgehead atoms. The Balaban J connectivity index is 1.52. The third-order valence-electron chi connectivity index (χ3n) is 4.80. The molecule has 0 radical (unpaired) electrons. The number of aromatic nitrogens is 3. The number of carbonyl (C=O) groups excluding carboxylic acids is 1.